The van der Waals surface area contributed by atoms with E-state index < -0.39 is 0 Å². The lowest BCUT2D eigenvalue weighted by Crippen LogP contribution is -2.46. The fourth-order valence-electron chi connectivity index (χ4n) is 2.18. The molecule has 0 amide bonds. The molecule has 0 spiro atoms. The summed E-state index contributed by atoms with van der Waals surface area (Å²) >= 11 is 0. The largest absolute Gasteiger partial charge is 0.399 e. The van der Waals surface area contributed by atoms with Gasteiger partial charge in [0.1, 0.15) is 0 Å². The van der Waals surface area contributed by atoms with Gasteiger partial charge in [0.05, 0.1) is 27.2 Å². The zero-order valence-corrected chi connectivity index (χ0v) is 11.2. The van der Waals surface area contributed by atoms with Gasteiger partial charge in [-0.25, -0.2) is 0 Å². The second-order valence-electron chi connectivity index (χ2n) is 5.54. The Balaban J connectivity index is 2.99. The molecule has 0 aliphatic rings. The average Bonchev–Trinajstić information content (AvgIpc) is 2.17. The van der Waals surface area contributed by atoms with E-state index in [1.807, 2.05) is 6.07 Å². The van der Waals surface area contributed by atoms with Gasteiger partial charge in [0.25, 0.3) is 0 Å². The Bertz CT molecular complexity index is 339. The summed E-state index contributed by atoms with van der Waals surface area (Å²) in [7, 11) is 6.75. The fourth-order valence-corrected chi connectivity index (χ4v) is 2.18. The molecule has 2 unspecified atom stereocenters. The topological polar surface area (TPSA) is 26.0 Å². The van der Waals surface area contributed by atoms with Gasteiger partial charge < -0.3 is 10.2 Å². The van der Waals surface area contributed by atoms with Crippen molar-refractivity contribution in [2.45, 2.75) is 32.2 Å². The molecule has 90 valence electrons. The molecule has 1 rings (SSSR count). The second-order valence-corrected chi connectivity index (χ2v) is 5.54. The molecule has 2 heteroatoms. The molecule has 0 saturated heterocycles. The number of anilines is 1. The number of nitrogens with zero attached hydrogens (tertiary/aromatic N) is 1. The molecule has 1 aromatic rings. The van der Waals surface area contributed by atoms with Gasteiger partial charge in [-0.1, -0.05) is 19.1 Å². The zero-order chi connectivity index (χ0) is 12.3. The highest BCUT2D eigenvalue weighted by Gasteiger charge is 2.28. The number of hydrogen-bond acceptors (Lipinski definition) is 1. The third-order valence-corrected chi connectivity index (χ3v) is 3.58. The standard InChI is InChI=1S/C14H25N2/c1-6-14(11(2)16(3,4)5)12-8-7-9-13(15)10-12/h7-11,14H,6,15H2,1-5H3/q+1. The van der Waals surface area contributed by atoms with E-state index in [1.165, 1.54) is 5.56 Å². The first-order valence-electron chi connectivity index (χ1n) is 6.02. The second kappa shape index (κ2) is 4.88. The van der Waals surface area contributed by atoms with Crippen molar-refractivity contribution in [3.63, 3.8) is 0 Å². The van der Waals surface area contributed by atoms with Crippen molar-refractivity contribution in [2.75, 3.05) is 26.9 Å². The van der Waals surface area contributed by atoms with E-state index >= 15 is 0 Å². The molecular weight excluding hydrogens is 196 g/mol. The number of rotatable bonds is 4. The van der Waals surface area contributed by atoms with E-state index in [0.717, 1.165) is 16.6 Å². The van der Waals surface area contributed by atoms with Crippen LogP contribution in [0.3, 0.4) is 0 Å². The molecule has 0 aliphatic carbocycles. The third-order valence-electron chi connectivity index (χ3n) is 3.58. The molecule has 0 aliphatic heterocycles. The van der Waals surface area contributed by atoms with E-state index in [1.54, 1.807) is 0 Å². The zero-order valence-electron chi connectivity index (χ0n) is 11.2. The normalized spacial score (nSPS) is 15.8. The monoisotopic (exact) mass is 221 g/mol. The Labute approximate surface area is 99.7 Å². The summed E-state index contributed by atoms with van der Waals surface area (Å²) < 4.78 is 0.979. The summed E-state index contributed by atoms with van der Waals surface area (Å²) in [5, 5.41) is 0. The van der Waals surface area contributed by atoms with Gasteiger partial charge in [0, 0.05) is 11.6 Å². The van der Waals surface area contributed by atoms with Crippen LogP contribution in [-0.4, -0.2) is 31.7 Å². The average molecular weight is 221 g/mol. The quantitative estimate of drug-likeness (QED) is 0.614. The lowest BCUT2D eigenvalue weighted by molar-refractivity contribution is -0.895. The van der Waals surface area contributed by atoms with Crippen molar-refractivity contribution in [3.05, 3.63) is 29.8 Å². The van der Waals surface area contributed by atoms with E-state index in [-0.39, 0.29) is 0 Å². The Hall–Kier alpha value is -1.02. The Morgan fingerprint density at radius 1 is 1.25 bits per heavy atom. The molecule has 0 radical (unpaired) electrons. The summed E-state index contributed by atoms with van der Waals surface area (Å²) in [6.07, 6.45) is 1.15. The molecule has 0 heterocycles. The summed E-state index contributed by atoms with van der Waals surface area (Å²) in [5.74, 6) is 0.573. The minimum atomic E-state index is 0.573. The summed E-state index contributed by atoms with van der Waals surface area (Å²) in [5.41, 5.74) is 8.08. The van der Waals surface area contributed by atoms with Crippen molar-refractivity contribution >= 4 is 5.69 Å². The molecule has 2 nitrogen and oxygen atoms in total. The van der Waals surface area contributed by atoms with Gasteiger partial charge in [-0.05, 0) is 31.0 Å². The molecule has 0 bridgehead atoms. The van der Waals surface area contributed by atoms with E-state index in [0.29, 0.717) is 12.0 Å². The maximum Gasteiger partial charge on any atom is 0.0924 e. The number of hydrogen-bond donors (Lipinski definition) is 1. The highest BCUT2D eigenvalue weighted by atomic mass is 15.3. The van der Waals surface area contributed by atoms with Crippen LogP contribution in [0, 0.1) is 0 Å². The number of nitrogens with two attached hydrogens (primary N) is 1. The maximum absolute atomic E-state index is 5.86. The van der Waals surface area contributed by atoms with Crippen LogP contribution in [0.2, 0.25) is 0 Å². The molecule has 2 atom stereocenters. The van der Waals surface area contributed by atoms with Crippen LogP contribution in [0.15, 0.2) is 24.3 Å². The Kier molecular flexibility index (Phi) is 3.98. The number of likely N-dealkylation sites (N-methyl/N-ethyl adjacent to an activating group) is 1. The highest BCUT2D eigenvalue weighted by molar-refractivity contribution is 5.42. The van der Waals surface area contributed by atoms with Gasteiger partial charge in [-0.2, -0.15) is 0 Å². The van der Waals surface area contributed by atoms with E-state index in [9.17, 15) is 0 Å². The summed E-state index contributed by atoms with van der Waals surface area (Å²) in [6, 6.07) is 8.89. The number of quaternary nitrogens is 1. The smallest absolute Gasteiger partial charge is 0.0924 e. The highest BCUT2D eigenvalue weighted by Crippen LogP contribution is 2.29. The maximum atomic E-state index is 5.86. The number of nitrogen functional groups attached to an aromatic ring is 1. The van der Waals surface area contributed by atoms with Gasteiger partial charge in [-0.3, -0.25) is 0 Å². The minimum Gasteiger partial charge on any atom is -0.399 e. The first-order valence-corrected chi connectivity index (χ1v) is 6.02. The Morgan fingerprint density at radius 3 is 2.31 bits per heavy atom. The van der Waals surface area contributed by atoms with Crippen LogP contribution < -0.4 is 5.73 Å². The third kappa shape index (κ3) is 2.99. The van der Waals surface area contributed by atoms with Crippen molar-refractivity contribution in [3.8, 4) is 0 Å². The van der Waals surface area contributed by atoms with E-state index in [4.69, 9.17) is 5.73 Å². The first kappa shape index (κ1) is 13.0. The van der Waals surface area contributed by atoms with Crippen molar-refractivity contribution in [1.82, 2.24) is 0 Å². The van der Waals surface area contributed by atoms with Gasteiger partial charge >= 0.3 is 0 Å². The van der Waals surface area contributed by atoms with Crippen LogP contribution >= 0.6 is 0 Å². The minimum absolute atomic E-state index is 0.573. The molecule has 0 fully saturated rings. The number of benzene rings is 1. The molecule has 0 saturated carbocycles. The predicted molar refractivity (Wildman–Crippen MR) is 71.4 cm³/mol. The lowest BCUT2D eigenvalue weighted by Gasteiger charge is -2.37. The fraction of sp³-hybridized carbons (Fsp3) is 0.571. The summed E-state index contributed by atoms with van der Waals surface area (Å²) in [6.45, 7) is 4.57. The summed E-state index contributed by atoms with van der Waals surface area (Å²) in [4.78, 5) is 0. The predicted octanol–water partition coefficient (Wildman–Crippen LogP) is 2.86. The van der Waals surface area contributed by atoms with Gasteiger partial charge in [-0.15, -0.1) is 0 Å². The lowest BCUT2D eigenvalue weighted by atomic mass is 9.88. The van der Waals surface area contributed by atoms with Gasteiger partial charge in [0.15, 0.2) is 0 Å². The van der Waals surface area contributed by atoms with Crippen LogP contribution in [0.1, 0.15) is 31.7 Å². The van der Waals surface area contributed by atoms with Crippen LogP contribution in [0.4, 0.5) is 5.69 Å². The SMILES string of the molecule is CCC(c1cccc(N)c1)C(C)[N+](C)(C)C. The Morgan fingerprint density at radius 2 is 1.88 bits per heavy atom. The van der Waals surface area contributed by atoms with Crippen LogP contribution in [-0.2, 0) is 0 Å². The van der Waals surface area contributed by atoms with Crippen molar-refractivity contribution < 1.29 is 4.48 Å². The molecule has 2 N–H and O–H groups in total. The van der Waals surface area contributed by atoms with Gasteiger partial charge in [0.2, 0.25) is 0 Å². The van der Waals surface area contributed by atoms with Crippen LogP contribution in [0.5, 0.6) is 0 Å². The molecule has 16 heavy (non-hydrogen) atoms. The molecule has 1 aromatic carbocycles. The van der Waals surface area contributed by atoms with E-state index in [2.05, 4.69) is 53.2 Å². The molecular formula is C14H25N2+. The first-order chi connectivity index (χ1) is 7.36. The van der Waals surface area contributed by atoms with Crippen LogP contribution in [0.25, 0.3) is 0 Å². The van der Waals surface area contributed by atoms with Crippen molar-refractivity contribution in [2.24, 2.45) is 0 Å². The van der Waals surface area contributed by atoms with Crippen molar-refractivity contribution in [1.29, 1.82) is 0 Å². The molecule has 0 aromatic heterocycles.